The lowest BCUT2D eigenvalue weighted by Crippen LogP contribution is -2.33. The summed E-state index contributed by atoms with van der Waals surface area (Å²) in [7, 11) is 1.83. The van der Waals surface area contributed by atoms with E-state index in [1.165, 1.54) is 12.1 Å². The first-order chi connectivity index (χ1) is 13.1. The van der Waals surface area contributed by atoms with E-state index >= 15 is 0 Å². The van der Waals surface area contributed by atoms with E-state index < -0.39 is 0 Å². The smallest absolute Gasteiger partial charge is 0.238 e. The predicted molar refractivity (Wildman–Crippen MR) is 100 cm³/mol. The molecule has 0 unspecified atom stereocenters. The summed E-state index contributed by atoms with van der Waals surface area (Å²) in [5.41, 5.74) is 0.667. The molecule has 0 spiro atoms. The fourth-order valence-electron chi connectivity index (χ4n) is 2.62. The fraction of sp³-hybridized carbons (Fsp3) is 0.350. The highest BCUT2D eigenvalue weighted by atomic mass is 19.1. The summed E-state index contributed by atoms with van der Waals surface area (Å²) in [5, 5.41) is 2.86. The van der Waals surface area contributed by atoms with Crippen LogP contribution in [0.15, 0.2) is 42.5 Å². The van der Waals surface area contributed by atoms with Gasteiger partial charge < -0.3 is 19.5 Å². The molecule has 0 aliphatic carbocycles. The van der Waals surface area contributed by atoms with Gasteiger partial charge in [-0.15, -0.1) is 0 Å². The minimum absolute atomic E-state index is 0.131. The normalized spacial score (nSPS) is 13.1. The molecule has 3 rings (SSSR count). The largest absolute Gasteiger partial charge is 0.492 e. The molecule has 0 atom stereocenters. The van der Waals surface area contributed by atoms with E-state index in [2.05, 4.69) is 5.32 Å². The molecule has 6 nitrogen and oxygen atoms in total. The van der Waals surface area contributed by atoms with Crippen molar-refractivity contribution < 1.29 is 23.4 Å². The van der Waals surface area contributed by atoms with Crippen LogP contribution >= 0.6 is 0 Å². The zero-order valence-electron chi connectivity index (χ0n) is 15.2. The van der Waals surface area contributed by atoms with Gasteiger partial charge in [0.2, 0.25) is 5.91 Å². The molecule has 144 valence electrons. The van der Waals surface area contributed by atoms with Crippen LogP contribution in [-0.2, 0) is 4.79 Å². The third-order valence-electron chi connectivity index (χ3n) is 4.00. The number of halogens is 1. The van der Waals surface area contributed by atoms with Gasteiger partial charge >= 0.3 is 0 Å². The predicted octanol–water partition coefficient (Wildman–Crippen LogP) is 2.94. The Morgan fingerprint density at radius 2 is 1.89 bits per heavy atom. The first-order valence-corrected chi connectivity index (χ1v) is 8.86. The number of rotatable bonds is 7. The van der Waals surface area contributed by atoms with Crippen molar-refractivity contribution in [3.05, 3.63) is 48.3 Å². The minimum atomic E-state index is -0.300. The molecule has 1 amide bonds. The molecule has 7 heteroatoms. The van der Waals surface area contributed by atoms with E-state index in [4.69, 9.17) is 14.2 Å². The summed E-state index contributed by atoms with van der Waals surface area (Å²) in [5.74, 6) is 1.51. The van der Waals surface area contributed by atoms with Gasteiger partial charge in [0.05, 0.1) is 19.8 Å². The highest BCUT2D eigenvalue weighted by Gasteiger charge is 2.13. The summed E-state index contributed by atoms with van der Waals surface area (Å²) >= 11 is 0. The van der Waals surface area contributed by atoms with Crippen molar-refractivity contribution in [3.8, 4) is 17.2 Å². The van der Waals surface area contributed by atoms with Crippen LogP contribution in [0.3, 0.4) is 0 Å². The Kier molecular flexibility index (Phi) is 6.49. The molecule has 0 aromatic heterocycles. The lowest BCUT2D eigenvalue weighted by atomic mass is 10.2. The van der Waals surface area contributed by atoms with Crippen molar-refractivity contribution >= 4 is 11.6 Å². The van der Waals surface area contributed by atoms with Crippen LogP contribution in [0.25, 0.3) is 0 Å². The number of likely N-dealkylation sites (N-methyl/N-ethyl adjacent to an activating group) is 1. The first-order valence-electron chi connectivity index (χ1n) is 8.86. The Bertz CT molecular complexity index is 767. The van der Waals surface area contributed by atoms with Crippen LogP contribution in [0.5, 0.6) is 17.2 Å². The highest BCUT2D eigenvalue weighted by Crippen LogP contribution is 2.32. The standard InChI is InChI=1S/C20H23FN2O4/c1-23(9-12-25-17-6-3-15(21)4-7-17)14-20(24)22-16-5-8-18-19(13-16)27-11-2-10-26-18/h3-8,13H,2,9-12,14H2,1H3,(H,22,24). The van der Waals surface area contributed by atoms with Crippen molar-refractivity contribution in [3.63, 3.8) is 0 Å². The van der Waals surface area contributed by atoms with Gasteiger partial charge in [0.15, 0.2) is 11.5 Å². The number of hydrogen-bond acceptors (Lipinski definition) is 5. The van der Waals surface area contributed by atoms with E-state index in [9.17, 15) is 9.18 Å². The van der Waals surface area contributed by atoms with Gasteiger partial charge in [-0.1, -0.05) is 0 Å². The minimum Gasteiger partial charge on any atom is -0.492 e. The van der Waals surface area contributed by atoms with Crippen LogP contribution in [0.4, 0.5) is 10.1 Å². The lowest BCUT2D eigenvalue weighted by molar-refractivity contribution is -0.117. The summed E-state index contributed by atoms with van der Waals surface area (Å²) in [6.07, 6.45) is 0.834. The molecule has 1 aliphatic heterocycles. The molecule has 27 heavy (non-hydrogen) atoms. The van der Waals surface area contributed by atoms with Crippen molar-refractivity contribution in [1.29, 1.82) is 0 Å². The van der Waals surface area contributed by atoms with Gasteiger partial charge in [-0.05, 0) is 43.4 Å². The van der Waals surface area contributed by atoms with Crippen LogP contribution in [0.2, 0.25) is 0 Å². The SMILES string of the molecule is CN(CCOc1ccc(F)cc1)CC(=O)Nc1ccc2c(c1)OCCCO2. The lowest BCUT2D eigenvalue weighted by Gasteiger charge is -2.17. The van der Waals surface area contributed by atoms with E-state index in [-0.39, 0.29) is 18.3 Å². The topological polar surface area (TPSA) is 60.0 Å². The molecule has 0 radical (unpaired) electrons. The molecule has 2 aromatic rings. The summed E-state index contributed by atoms with van der Waals surface area (Å²) in [6, 6.07) is 11.2. The molecule has 0 saturated carbocycles. The molecule has 1 N–H and O–H groups in total. The number of hydrogen-bond donors (Lipinski definition) is 1. The number of fused-ring (bicyclic) bond motifs is 1. The molecule has 1 heterocycles. The number of ether oxygens (including phenoxy) is 3. The van der Waals surface area contributed by atoms with Crippen LogP contribution in [0.1, 0.15) is 6.42 Å². The van der Waals surface area contributed by atoms with E-state index in [0.29, 0.717) is 49.3 Å². The first kappa shape index (κ1) is 19.0. The third kappa shape index (κ3) is 5.86. The summed E-state index contributed by atoms with van der Waals surface area (Å²) in [6.45, 7) is 2.41. The van der Waals surface area contributed by atoms with Crippen molar-refractivity contribution in [2.45, 2.75) is 6.42 Å². The van der Waals surface area contributed by atoms with Crippen LogP contribution in [-0.4, -0.2) is 50.8 Å². The Morgan fingerprint density at radius 1 is 1.15 bits per heavy atom. The number of amides is 1. The molecular weight excluding hydrogens is 351 g/mol. The van der Waals surface area contributed by atoms with Gasteiger partial charge in [-0.3, -0.25) is 9.69 Å². The Hall–Kier alpha value is -2.80. The van der Waals surface area contributed by atoms with E-state index in [0.717, 1.165) is 6.42 Å². The monoisotopic (exact) mass is 374 g/mol. The number of nitrogens with zero attached hydrogens (tertiary/aromatic N) is 1. The molecular formula is C20H23FN2O4. The van der Waals surface area contributed by atoms with Gasteiger partial charge in [-0.25, -0.2) is 4.39 Å². The molecule has 2 aromatic carbocycles. The second kappa shape index (κ2) is 9.23. The summed E-state index contributed by atoms with van der Waals surface area (Å²) in [4.78, 5) is 14.1. The highest BCUT2D eigenvalue weighted by molar-refractivity contribution is 5.92. The molecule has 1 aliphatic rings. The number of benzene rings is 2. The van der Waals surface area contributed by atoms with Gasteiger partial charge in [0, 0.05) is 24.7 Å². The van der Waals surface area contributed by atoms with E-state index in [1.807, 2.05) is 11.9 Å². The molecule has 0 saturated heterocycles. The van der Waals surface area contributed by atoms with Gasteiger partial charge in [-0.2, -0.15) is 0 Å². The molecule has 0 fully saturated rings. The zero-order valence-corrected chi connectivity index (χ0v) is 15.2. The Labute approximate surface area is 157 Å². The van der Waals surface area contributed by atoms with Crippen LogP contribution in [0, 0.1) is 5.82 Å². The average molecular weight is 374 g/mol. The van der Waals surface area contributed by atoms with Crippen molar-refractivity contribution in [1.82, 2.24) is 4.90 Å². The third-order valence-corrected chi connectivity index (χ3v) is 4.00. The number of carbonyl (C=O) groups is 1. The van der Waals surface area contributed by atoms with Crippen LogP contribution < -0.4 is 19.5 Å². The maximum atomic E-state index is 12.8. The molecule has 0 bridgehead atoms. The van der Waals surface area contributed by atoms with Crippen molar-refractivity contribution in [2.24, 2.45) is 0 Å². The number of anilines is 1. The van der Waals surface area contributed by atoms with E-state index in [1.54, 1.807) is 30.3 Å². The summed E-state index contributed by atoms with van der Waals surface area (Å²) < 4.78 is 29.6. The second-order valence-electron chi connectivity index (χ2n) is 6.30. The average Bonchev–Trinajstić information content (AvgIpc) is 2.88. The Balaban J connectivity index is 1.43. The maximum absolute atomic E-state index is 12.8. The van der Waals surface area contributed by atoms with Crippen molar-refractivity contribution in [2.75, 3.05) is 45.3 Å². The number of nitrogens with one attached hydrogen (secondary N) is 1. The fourth-order valence-corrected chi connectivity index (χ4v) is 2.62. The quantitative estimate of drug-likeness (QED) is 0.808. The van der Waals surface area contributed by atoms with Gasteiger partial charge in [0.25, 0.3) is 0 Å². The zero-order chi connectivity index (χ0) is 19.1. The second-order valence-corrected chi connectivity index (χ2v) is 6.30. The number of carbonyl (C=O) groups excluding carboxylic acids is 1. The maximum Gasteiger partial charge on any atom is 0.238 e. The van der Waals surface area contributed by atoms with Gasteiger partial charge in [0.1, 0.15) is 18.2 Å². The Morgan fingerprint density at radius 3 is 2.67 bits per heavy atom.